The molecule has 124 valence electrons. The molecular formula is C16H16N4O3S. The zero-order chi connectivity index (χ0) is 17.5. The highest BCUT2D eigenvalue weighted by atomic mass is 32.1. The Balaban J connectivity index is 1.99. The Hall–Kier alpha value is -3.00. The monoisotopic (exact) mass is 344 g/mol. The highest BCUT2D eigenvalue weighted by molar-refractivity contribution is 7.80. The van der Waals surface area contributed by atoms with Gasteiger partial charge in [0.05, 0.1) is 17.7 Å². The molecule has 0 bridgehead atoms. The summed E-state index contributed by atoms with van der Waals surface area (Å²) in [6, 6.07) is 13.5. The van der Waals surface area contributed by atoms with E-state index < -0.39 is 4.92 Å². The number of anilines is 1. The number of hydrazone groups is 1. The summed E-state index contributed by atoms with van der Waals surface area (Å²) in [5.74, 6) is 0.749. The van der Waals surface area contributed by atoms with Crippen molar-refractivity contribution in [3.05, 3.63) is 64.2 Å². The van der Waals surface area contributed by atoms with Crippen LogP contribution in [0.4, 0.5) is 11.4 Å². The molecule has 2 rings (SSSR count). The van der Waals surface area contributed by atoms with Crippen molar-refractivity contribution in [3.8, 4) is 5.75 Å². The second-order valence-corrected chi connectivity index (χ2v) is 5.21. The van der Waals surface area contributed by atoms with Crippen LogP contribution in [0.25, 0.3) is 0 Å². The maximum absolute atomic E-state index is 10.8. The molecule has 0 heterocycles. The van der Waals surface area contributed by atoms with Gasteiger partial charge in [-0.1, -0.05) is 12.1 Å². The fourth-order valence-electron chi connectivity index (χ4n) is 1.88. The zero-order valence-electron chi connectivity index (χ0n) is 13.1. The SMILES string of the molecule is COc1ccc(NC(=S)N/N=C(/C)c2cccc([N+](=O)[O-])c2)cc1. The van der Waals surface area contributed by atoms with Crippen molar-refractivity contribution in [2.75, 3.05) is 12.4 Å². The minimum absolute atomic E-state index is 0.0148. The number of nitro groups is 1. The van der Waals surface area contributed by atoms with E-state index in [0.717, 1.165) is 11.4 Å². The molecular weight excluding hydrogens is 328 g/mol. The van der Waals surface area contributed by atoms with Crippen molar-refractivity contribution in [1.82, 2.24) is 5.43 Å². The first-order chi connectivity index (χ1) is 11.5. The molecule has 0 aliphatic rings. The fourth-order valence-corrected chi connectivity index (χ4v) is 2.04. The highest BCUT2D eigenvalue weighted by Gasteiger charge is 2.07. The summed E-state index contributed by atoms with van der Waals surface area (Å²) in [7, 11) is 1.60. The number of methoxy groups -OCH3 is 1. The molecule has 7 nitrogen and oxygen atoms in total. The number of nitrogens with one attached hydrogen (secondary N) is 2. The standard InChI is InChI=1S/C16H16N4O3S/c1-11(12-4-3-5-14(10-12)20(21)22)18-19-16(24)17-13-6-8-15(23-2)9-7-13/h3-10H,1-2H3,(H2,17,19,24)/b18-11-. The molecule has 0 saturated carbocycles. The van der Waals surface area contributed by atoms with E-state index in [4.69, 9.17) is 17.0 Å². The maximum atomic E-state index is 10.8. The second-order valence-electron chi connectivity index (χ2n) is 4.80. The number of nitrogens with zero attached hydrogens (tertiary/aromatic N) is 2. The number of non-ortho nitro benzene ring substituents is 1. The van der Waals surface area contributed by atoms with E-state index in [0.29, 0.717) is 16.4 Å². The van der Waals surface area contributed by atoms with Gasteiger partial charge in [-0.15, -0.1) is 0 Å². The molecule has 0 spiro atoms. The van der Waals surface area contributed by atoms with E-state index in [1.807, 2.05) is 24.3 Å². The smallest absolute Gasteiger partial charge is 0.270 e. The van der Waals surface area contributed by atoms with Gasteiger partial charge in [0, 0.05) is 23.4 Å². The quantitative estimate of drug-likeness (QED) is 0.374. The minimum Gasteiger partial charge on any atom is -0.497 e. The van der Waals surface area contributed by atoms with Crippen LogP contribution in [0.1, 0.15) is 12.5 Å². The number of rotatable bonds is 5. The number of hydrogen-bond acceptors (Lipinski definition) is 5. The normalized spacial score (nSPS) is 10.8. The van der Waals surface area contributed by atoms with Crippen LogP contribution in [0.5, 0.6) is 5.75 Å². The molecule has 2 aromatic carbocycles. The van der Waals surface area contributed by atoms with Crippen molar-refractivity contribution in [2.45, 2.75) is 6.92 Å². The second kappa shape index (κ2) is 8.02. The Bertz CT molecular complexity index is 775. The lowest BCUT2D eigenvalue weighted by Gasteiger charge is -2.08. The minimum atomic E-state index is -0.444. The van der Waals surface area contributed by atoms with Gasteiger partial charge < -0.3 is 10.1 Å². The molecule has 0 unspecified atom stereocenters. The van der Waals surface area contributed by atoms with Crippen LogP contribution in [-0.4, -0.2) is 22.9 Å². The lowest BCUT2D eigenvalue weighted by Crippen LogP contribution is -2.24. The Morgan fingerprint density at radius 2 is 1.96 bits per heavy atom. The summed E-state index contributed by atoms with van der Waals surface area (Å²) in [6.45, 7) is 1.74. The maximum Gasteiger partial charge on any atom is 0.270 e. The zero-order valence-corrected chi connectivity index (χ0v) is 14.0. The first-order valence-electron chi connectivity index (χ1n) is 7.00. The van der Waals surface area contributed by atoms with Crippen molar-refractivity contribution in [1.29, 1.82) is 0 Å². The summed E-state index contributed by atoms with van der Waals surface area (Å²) >= 11 is 5.16. The van der Waals surface area contributed by atoms with Gasteiger partial charge in [0.25, 0.3) is 5.69 Å². The Kier molecular flexibility index (Phi) is 5.80. The number of ether oxygens (including phenoxy) is 1. The molecule has 24 heavy (non-hydrogen) atoms. The van der Waals surface area contributed by atoms with E-state index in [2.05, 4.69) is 15.8 Å². The van der Waals surface area contributed by atoms with Gasteiger partial charge in [-0.3, -0.25) is 15.5 Å². The molecule has 0 fully saturated rings. The van der Waals surface area contributed by atoms with Crippen LogP contribution in [0.3, 0.4) is 0 Å². The average Bonchev–Trinajstić information content (AvgIpc) is 2.60. The Morgan fingerprint density at radius 1 is 1.25 bits per heavy atom. The van der Waals surface area contributed by atoms with Crippen LogP contribution in [0, 0.1) is 10.1 Å². The first-order valence-corrected chi connectivity index (χ1v) is 7.40. The van der Waals surface area contributed by atoms with Gasteiger partial charge >= 0.3 is 0 Å². The number of thiocarbonyl (C=S) groups is 1. The molecule has 0 aliphatic heterocycles. The number of hydrogen-bond donors (Lipinski definition) is 2. The topological polar surface area (TPSA) is 88.8 Å². The van der Waals surface area contributed by atoms with Gasteiger partial charge in [-0.05, 0) is 43.4 Å². The predicted octanol–water partition coefficient (Wildman–Crippen LogP) is 3.31. The van der Waals surface area contributed by atoms with Crippen LogP contribution >= 0.6 is 12.2 Å². The van der Waals surface area contributed by atoms with Crippen molar-refractivity contribution >= 4 is 34.4 Å². The third kappa shape index (κ3) is 4.75. The van der Waals surface area contributed by atoms with Gasteiger partial charge in [0.2, 0.25) is 0 Å². The molecule has 0 aliphatic carbocycles. The van der Waals surface area contributed by atoms with Crippen LogP contribution in [0.15, 0.2) is 53.6 Å². The number of nitro benzene ring substituents is 1. The third-order valence-corrected chi connectivity index (χ3v) is 3.34. The van der Waals surface area contributed by atoms with E-state index in [9.17, 15) is 10.1 Å². The summed E-state index contributed by atoms with van der Waals surface area (Å²) < 4.78 is 5.08. The van der Waals surface area contributed by atoms with E-state index >= 15 is 0 Å². The molecule has 0 aromatic heterocycles. The summed E-state index contributed by atoms with van der Waals surface area (Å²) in [6.07, 6.45) is 0. The van der Waals surface area contributed by atoms with Crippen LogP contribution in [-0.2, 0) is 0 Å². The van der Waals surface area contributed by atoms with E-state index in [1.54, 1.807) is 26.2 Å². The average molecular weight is 344 g/mol. The summed E-state index contributed by atoms with van der Waals surface area (Å²) in [5, 5.41) is 18.2. The molecule has 8 heteroatoms. The molecule has 0 radical (unpaired) electrons. The lowest BCUT2D eigenvalue weighted by atomic mass is 10.1. The van der Waals surface area contributed by atoms with Crippen molar-refractivity contribution in [3.63, 3.8) is 0 Å². The molecule has 0 saturated heterocycles. The van der Waals surface area contributed by atoms with Crippen molar-refractivity contribution < 1.29 is 9.66 Å². The molecule has 2 N–H and O–H groups in total. The van der Waals surface area contributed by atoms with Gasteiger partial charge in [0.15, 0.2) is 5.11 Å². The number of benzene rings is 2. The fraction of sp³-hybridized carbons (Fsp3) is 0.125. The highest BCUT2D eigenvalue weighted by Crippen LogP contribution is 2.15. The van der Waals surface area contributed by atoms with E-state index in [1.165, 1.54) is 12.1 Å². The van der Waals surface area contributed by atoms with Gasteiger partial charge in [0.1, 0.15) is 5.75 Å². The largest absolute Gasteiger partial charge is 0.497 e. The summed E-state index contributed by atoms with van der Waals surface area (Å²) in [4.78, 5) is 10.4. The molecule has 0 amide bonds. The van der Waals surface area contributed by atoms with Gasteiger partial charge in [-0.25, -0.2) is 0 Å². The van der Waals surface area contributed by atoms with Crippen molar-refractivity contribution in [2.24, 2.45) is 5.10 Å². The molecule has 0 atom stereocenters. The Labute approximate surface area is 144 Å². The van der Waals surface area contributed by atoms with Gasteiger partial charge in [-0.2, -0.15) is 5.10 Å². The summed E-state index contributed by atoms with van der Waals surface area (Å²) in [5.41, 5.74) is 4.74. The lowest BCUT2D eigenvalue weighted by molar-refractivity contribution is -0.384. The predicted molar refractivity (Wildman–Crippen MR) is 97.7 cm³/mol. The van der Waals surface area contributed by atoms with Crippen LogP contribution < -0.4 is 15.5 Å². The molecule has 2 aromatic rings. The third-order valence-electron chi connectivity index (χ3n) is 3.15. The van der Waals surface area contributed by atoms with E-state index in [-0.39, 0.29) is 5.69 Å². The van der Waals surface area contributed by atoms with Crippen LogP contribution in [0.2, 0.25) is 0 Å². The Morgan fingerprint density at radius 3 is 2.58 bits per heavy atom. The first kappa shape index (κ1) is 17.4.